The smallest absolute Gasteiger partial charge is 0.225 e. The quantitative estimate of drug-likeness (QED) is 0.868. The van der Waals surface area contributed by atoms with Crippen LogP contribution in [-0.4, -0.2) is 25.3 Å². The van der Waals surface area contributed by atoms with E-state index in [4.69, 9.17) is 5.73 Å². The number of hydrogen-bond donors (Lipinski definition) is 1. The van der Waals surface area contributed by atoms with Gasteiger partial charge >= 0.3 is 0 Å². The van der Waals surface area contributed by atoms with E-state index in [-0.39, 0.29) is 5.91 Å². The van der Waals surface area contributed by atoms with Crippen molar-refractivity contribution in [1.82, 2.24) is 0 Å². The zero-order chi connectivity index (χ0) is 13.3. The largest absolute Gasteiger partial charge is 0.370 e. The van der Waals surface area contributed by atoms with Gasteiger partial charge in [0.2, 0.25) is 5.91 Å². The molecule has 1 aromatic carbocycles. The summed E-state index contributed by atoms with van der Waals surface area (Å²) in [5.74, 6) is -0.283. The third kappa shape index (κ3) is 2.27. The number of nitrogens with zero attached hydrogens (tertiary/aromatic N) is 1. The van der Waals surface area contributed by atoms with Gasteiger partial charge in [0.05, 0.1) is 5.41 Å². The Kier molecular flexibility index (Phi) is 3.43. The van der Waals surface area contributed by atoms with Gasteiger partial charge in [0.25, 0.3) is 0 Å². The summed E-state index contributed by atoms with van der Waals surface area (Å²) in [6.07, 6.45) is 1.55. The lowest BCUT2D eigenvalue weighted by Crippen LogP contribution is -2.37. The molecule has 1 aliphatic rings. The summed E-state index contributed by atoms with van der Waals surface area (Å²) in [4.78, 5) is 24.6. The molecular weight excluding hydrogens is 296 g/mol. The molecule has 1 saturated heterocycles. The third-order valence-corrected chi connectivity index (χ3v) is 4.02. The fourth-order valence-corrected chi connectivity index (χ4v) is 2.65. The van der Waals surface area contributed by atoms with Crippen molar-refractivity contribution in [1.29, 1.82) is 0 Å². The number of primary amides is 1. The molecule has 2 N–H and O–H groups in total. The standard InChI is InChI=1S/C13H15BrN2O2/c1-13(12(15)18)4-5-16(8-13)11-3-2-10(14)6-9(11)7-17/h2-3,6-7H,4-5,8H2,1H3,(H2,15,18). The van der Waals surface area contributed by atoms with Gasteiger partial charge < -0.3 is 10.6 Å². The molecule has 0 saturated carbocycles. The van der Waals surface area contributed by atoms with Crippen LogP contribution < -0.4 is 10.6 Å². The van der Waals surface area contributed by atoms with E-state index in [9.17, 15) is 9.59 Å². The number of benzene rings is 1. The van der Waals surface area contributed by atoms with Crippen LogP contribution in [-0.2, 0) is 4.79 Å². The highest BCUT2D eigenvalue weighted by atomic mass is 79.9. The molecule has 0 bridgehead atoms. The Balaban J connectivity index is 2.29. The lowest BCUT2D eigenvalue weighted by molar-refractivity contribution is -0.125. The summed E-state index contributed by atoms with van der Waals surface area (Å²) < 4.78 is 0.866. The molecule has 1 fully saturated rings. The van der Waals surface area contributed by atoms with Crippen LogP contribution in [0.1, 0.15) is 23.7 Å². The molecule has 0 spiro atoms. The molecule has 0 aliphatic carbocycles. The summed E-state index contributed by atoms with van der Waals surface area (Å²) in [5.41, 5.74) is 6.40. The Hall–Kier alpha value is -1.36. The minimum atomic E-state index is -0.507. The second-order valence-corrected chi connectivity index (χ2v) is 5.83. The van der Waals surface area contributed by atoms with Crippen LogP contribution in [0.4, 0.5) is 5.69 Å². The van der Waals surface area contributed by atoms with Crippen molar-refractivity contribution in [3.05, 3.63) is 28.2 Å². The van der Waals surface area contributed by atoms with E-state index in [0.29, 0.717) is 12.1 Å². The molecule has 1 unspecified atom stereocenters. The molecule has 96 valence electrons. The van der Waals surface area contributed by atoms with E-state index in [1.807, 2.05) is 24.0 Å². The van der Waals surface area contributed by atoms with E-state index < -0.39 is 5.41 Å². The number of rotatable bonds is 3. The van der Waals surface area contributed by atoms with E-state index in [2.05, 4.69) is 15.9 Å². The maximum absolute atomic E-state index is 11.4. The SMILES string of the molecule is CC1(C(N)=O)CCN(c2ccc(Br)cc2C=O)C1. The molecule has 1 heterocycles. The summed E-state index contributed by atoms with van der Waals surface area (Å²) in [7, 11) is 0. The minimum absolute atomic E-state index is 0.283. The zero-order valence-corrected chi connectivity index (χ0v) is 11.7. The lowest BCUT2D eigenvalue weighted by atomic mass is 9.89. The molecule has 1 amide bonds. The summed E-state index contributed by atoms with van der Waals surface area (Å²) in [6, 6.07) is 5.56. The van der Waals surface area contributed by atoms with Crippen LogP contribution in [0, 0.1) is 5.41 Å². The molecule has 1 aliphatic heterocycles. The lowest BCUT2D eigenvalue weighted by Gasteiger charge is -2.23. The van der Waals surface area contributed by atoms with Gasteiger partial charge in [0.15, 0.2) is 6.29 Å². The highest BCUT2D eigenvalue weighted by Gasteiger charge is 2.39. The van der Waals surface area contributed by atoms with E-state index >= 15 is 0 Å². The number of anilines is 1. The number of carbonyl (C=O) groups excluding carboxylic acids is 2. The normalized spacial score (nSPS) is 23.1. The van der Waals surface area contributed by atoms with Gasteiger partial charge in [0, 0.05) is 28.8 Å². The number of halogens is 1. The van der Waals surface area contributed by atoms with Crippen molar-refractivity contribution in [3.63, 3.8) is 0 Å². The van der Waals surface area contributed by atoms with E-state index in [0.717, 1.165) is 29.4 Å². The second kappa shape index (κ2) is 4.72. The highest BCUT2D eigenvalue weighted by molar-refractivity contribution is 9.10. The summed E-state index contributed by atoms with van der Waals surface area (Å²) in [6.45, 7) is 3.17. The average Bonchev–Trinajstić information content (AvgIpc) is 2.73. The minimum Gasteiger partial charge on any atom is -0.370 e. The molecule has 18 heavy (non-hydrogen) atoms. The predicted molar refractivity (Wildman–Crippen MR) is 73.7 cm³/mol. The second-order valence-electron chi connectivity index (χ2n) is 4.92. The molecule has 2 rings (SSSR count). The zero-order valence-electron chi connectivity index (χ0n) is 10.1. The number of carbonyl (C=O) groups is 2. The molecule has 0 radical (unpaired) electrons. The first-order valence-corrected chi connectivity index (χ1v) is 6.55. The Morgan fingerprint density at radius 1 is 1.56 bits per heavy atom. The first-order chi connectivity index (χ1) is 8.46. The number of amides is 1. The fourth-order valence-electron chi connectivity index (χ4n) is 2.28. The Morgan fingerprint density at radius 3 is 2.83 bits per heavy atom. The van der Waals surface area contributed by atoms with Gasteiger partial charge in [-0.3, -0.25) is 9.59 Å². The number of aldehydes is 1. The Bertz CT molecular complexity index is 504. The predicted octanol–water partition coefficient (Wildman–Crippen LogP) is 1.96. The van der Waals surface area contributed by atoms with Crippen molar-refractivity contribution < 1.29 is 9.59 Å². The third-order valence-electron chi connectivity index (χ3n) is 3.53. The molecule has 5 heteroatoms. The number of nitrogens with two attached hydrogens (primary N) is 1. The molecular formula is C13H15BrN2O2. The van der Waals surface area contributed by atoms with Crippen molar-refractivity contribution in [3.8, 4) is 0 Å². The Morgan fingerprint density at radius 2 is 2.28 bits per heavy atom. The van der Waals surface area contributed by atoms with Crippen molar-refractivity contribution >= 4 is 33.8 Å². The average molecular weight is 311 g/mol. The van der Waals surface area contributed by atoms with Crippen LogP contribution in [0.2, 0.25) is 0 Å². The van der Waals surface area contributed by atoms with Gasteiger partial charge in [-0.15, -0.1) is 0 Å². The topological polar surface area (TPSA) is 63.4 Å². The van der Waals surface area contributed by atoms with Gasteiger partial charge in [0.1, 0.15) is 0 Å². The van der Waals surface area contributed by atoms with Crippen molar-refractivity contribution in [2.45, 2.75) is 13.3 Å². The first kappa shape index (κ1) is 13.1. The first-order valence-electron chi connectivity index (χ1n) is 5.76. The molecule has 1 atom stereocenters. The molecule has 1 aromatic rings. The monoisotopic (exact) mass is 310 g/mol. The van der Waals surface area contributed by atoms with Crippen LogP contribution in [0.5, 0.6) is 0 Å². The highest BCUT2D eigenvalue weighted by Crippen LogP contribution is 2.34. The van der Waals surface area contributed by atoms with Crippen LogP contribution in [0.25, 0.3) is 0 Å². The maximum atomic E-state index is 11.4. The van der Waals surface area contributed by atoms with E-state index in [1.54, 1.807) is 6.07 Å². The fraction of sp³-hybridized carbons (Fsp3) is 0.385. The molecule has 0 aromatic heterocycles. The number of hydrogen-bond acceptors (Lipinski definition) is 3. The molecule has 4 nitrogen and oxygen atoms in total. The van der Waals surface area contributed by atoms with Crippen LogP contribution >= 0.6 is 15.9 Å². The Labute approximate surface area is 114 Å². The van der Waals surface area contributed by atoms with Crippen LogP contribution in [0.15, 0.2) is 22.7 Å². The van der Waals surface area contributed by atoms with Gasteiger partial charge in [-0.1, -0.05) is 15.9 Å². The van der Waals surface area contributed by atoms with Crippen molar-refractivity contribution in [2.24, 2.45) is 11.1 Å². The van der Waals surface area contributed by atoms with Gasteiger partial charge in [-0.25, -0.2) is 0 Å². The van der Waals surface area contributed by atoms with Crippen LogP contribution in [0.3, 0.4) is 0 Å². The maximum Gasteiger partial charge on any atom is 0.225 e. The van der Waals surface area contributed by atoms with Gasteiger partial charge in [-0.2, -0.15) is 0 Å². The van der Waals surface area contributed by atoms with Crippen molar-refractivity contribution in [2.75, 3.05) is 18.0 Å². The van der Waals surface area contributed by atoms with Gasteiger partial charge in [-0.05, 0) is 31.5 Å². The van der Waals surface area contributed by atoms with E-state index in [1.165, 1.54) is 0 Å². The summed E-state index contributed by atoms with van der Waals surface area (Å²) >= 11 is 3.34. The summed E-state index contributed by atoms with van der Waals surface area (Å²) in [5, 5.41) is 0.